The smallest absolute Gasteiger partial charge is 0.323 e. The van der Waals surface area contributed by atoms with Crippen LogP contribution >= 0.6 is 11.6 Å². The molecule has 0 saturated carbocycles. The molecule has 3 N–H and O–H groups in total. The van der Waals surface area contributed by atoms with E-state index >= 15 is 0 Å². The van der Waals surface area contributed by atoms with Gasteiger partial charge in [-0.2, -0.15) is 0 Å². The molecule has 2 rings (SSSR count). The van der Waals surface area contributed by atoms with Crippen molar-refractivity contribution in [2.75, 3.05) is 23.1 Å². The number of hydrogen-bond donors (Lipinski definition) is 3. The van der Waals surface area contributed by atoms with Crippen LogP contribution in [0.2, 0.25) is 5.02 Å². The number of ether oxygens (including phenoxy) is 1. The highest BCUT2D eigenvalue weighted by Gasteiger charge is 2.09. The predicted molar refractivity (Wildman–Crippen MR) is 91.4 cm³/mol. The summed E-state index contributed by atoms with van der Waals surface area (Å²) in [7, 11) is 1.53. The van der Waals surface area contributed by atoms with Gasteiger partial charge in [-0.3, -0.25) is 4.79 Å². The SMILES string of the molecule is COc1ccccc1NC(=O)Nc1ccc(NC(C)=O)c(Cl)c1. The van der Waals surface area contributed by atoms with Gasteiger partial charge < -0.3 is 20.7 Å². The maximum Gasteiger partial charge on any atom is 0.323 e. The maximum atomic E-state index is 12.0. The Balaban J connectivity index is 2.05. The number of carbonyl (C=O) groups is 2. The van der Waals surface area contributed by atoms with Crippen molar-refractivity contribution in [3.05, 3.63) is 47.5 Å². The van der Waals surface area contributed by atoms with Gasteiger partial charge in [-0.15, -0.1) is 0 Å². The van der Waals surface area contributed by atoms with Crippen molar-refractivity contribution in [3.8, 4) is 5.75 Å². The van der Waals surface area contributed by atoms with Crippen LogP contribution in [0.15, 0.2) is 42.5 Å². The predicted octanol–water partition coefficient (Wildman–Crippen LogP) is 3.95. The zero-order chi connectivity index (χ0) is 16.8. The van der Waals surface area contributed by atoms with Crippen molar-refractivity contribution in [2.45, 2.75) is 6.92 Å². The molecule has 6 nitrogen and oxygen atoms in total. The Labute approximate surface area is 138 Å². The lowest BCUT2D eigenvalue weighted by atomic mass is 10.2. The first-order chi connectivity index (χ1) is 11.0. The van der Waals surface area contributed by atoms with E-state index in [-0.39, 0.29) is 5.91 Å². The second kappa shape index (κ2) is 7.51. The van der Waals surface area contributed by atoms with Crippen molar-refractivity contribution in [1.29, 1.82) is 0 Å². The Hall–Kier alpha value is -2.73. The minimum absolute atomic E-state index is 0.221. The number of carbonyl (C=O) groups excluding carboxylic acids is 2. The van der Waals surface area contributed by atoms with Gasteiger partial charge in [0.15, 0.2) is 0 Å². The lowest BCUT2D eigenvalue weighted by Gasteiger charge is -2.12. The van der Waals surface area contributed by atoms with Crippen LogP contribution in [-0.4, -0.2) is 19.0 Å². The highest BCUT2D eigenvalue weighted by atomic mass is 35.5. The molecule has 0 aliphatic heterocycles. The first-order valence-corrected chi connectivity index (χ1v) is 7.15. The molecule has 0 aromatic heterocycles. The largest absolute Gasteiger partial charge is 0.495 e. The molecule has 23 heavy (non-hydrogen) atoms. The molecule has 0 unspecified atom stereocenters. The first kappa shape index (κ1) is 16.6. The standard InChI is InChI=1S/C16H16ClN3O3/c1-10(21)18-13-8-7-11(9-12(13)17)19-16(22)20-14-5-3-4-6-15(14)23-2/h3-9H,1-2H3,(H,18,21)(H2,19,20,22). The number of nitrogens with one attached hydrogen (secondary N) is 3. The van der Waals surface area contributed by atoms with E-state index in [9.17, 15) is 9.59 Å². The van der Waals surface area contributed by atoms with Crippen molar-refractivity contribution < 1.29 is 14.3 Å². The second-order valence-electron chi connectivity index (χ2n) is 4.66. The fraction of sp³-hybridized carbons (Fsp3) is 0.125. The van der Waals surface area contributed by atoms with Gasteiger partial charge in [-0.25, -0.2) is 4.79 Å². The van der Waals surface area contributed by atoms with Crippen LogP contribution in [0.5, 0.6) is 5.75 Å². The summed E-state index contributed by atoms with van der Waals surface area (Å²) in [5, 5.41) is 8.27. The van der Waals surface area contributed by atoms with Crippen LogP contribution in [0, 0.1) is 0 Å². The van der Waals surface area contributed by atoms with Crippen LogP contribution in [0.3, 0.4) is 0 Å². The molecular formula is C16H16ClN3O3. The molecule has 0 aliphatic carbocycles. The molecular weight excluding hydrogens is 318 g/mol. The van der Waals surface area contributed by atoms with Crippen molar-refractivity contribution in [1.82, 2.24) is 0 Å². The number of benzene rings is 2. The van der Waals surface area contributed by atoms with Crippen LogP contribution in [0.4, 0.5) is 21.9 Å². The van der Waals surface area contributed by atoms with Gasteiger partial charge in [-0.05, 0) is 30.3 Å². The quantitative estimate of drug-likeness (QED) is 0.792. The second-order valence-corrected chi connectivity index (χ2v) is 5.06. The molecule has 0 spiro atoms. The molecule has 2 aromatic carbocycles. The Morgan fingerprint density at radius 1 is 1.00 bits per heavy atom. The van der Waals surface area contributed by atoms with E-state index in [0.717, 1.165) is 0 Å². The van der Waals surface area contributed by atoms with Gasteiger partial charge in [0, 0.05) is 12.6 Å². The Morgan fingerprint density at radius 3 is 2.39 bits per heavy atom. The maximum absolute atomic E-state index is 12.0. The molecule has 7 heteroatoms. The molecule has 120 valence electrons. The Bertz CT molecular complexity index is 734. The van der Waals surface area contributed by atoms with E-state index in [4.69, 9.17) is 16.3 Å². The number of hydrogen-bond acceptors (Lipinski definition) is 3. The zero-order valence-electron chi connectivity index (χ0n) is 12.6. The summed E-state index contributed by atoms with van der Waals surface area (Å²) in [6, 6.07) is 11.4. The number of urea groups is 1. The molecule has 0 atom stereocenters. The van der Waals surface area contributed by atoms with E-state index in [2.05, 4.69) is 16.0 Å². The molecule has 0 fully saturated rings. The number of methoxy groups -OCH3 is 1. The molecule has 0 bridgehead atoms. The monoisotopic (exact) mass is 333 g/mol. The van der Waals surface area contributed by atoms with Crippen molar-refractivity contribution >= 4 is 40.6 Å². The Morgan fingerprint density at radius 2 is 1.74 bits per heavy atom. The van der Waals surface area contributed by atoms with Crippen LogP contribution < -0.4 is 20.7 Å². The third kappa shape index (κ3) is 4.62. The van der Waals surface area contributed by atoms with Gasteiger partial charge >= 0.3 is 6.03 Å². The van der Waals surface area contributed by atoms with Crippen molar-refractivity contribution in [3.63, 3.8) is 0 Å². The summed E-state index contributed by atoms with van der Waals surface area (Å²) >= 11 is 6.06. The zero-order valence-corrected chi connectivity index (χ0v) is 13.4. The van der Waals surface area contributed by atoms with Crippen molar-refractivity contribution in [2.24, 2.45) is 0 Å². The summed E-state index contributed by atoms with van der Waals surface area (Å²) in [5.74, 6) is 0.336. The highest BCUT2D eigenvalue weighted by molar-refractivity contribution is 6.34. The number of rotatable bonds is 4. The lowest BCUT2D eigenvalue weighted by Crippen LogP contribution is -2.19. The number of halogens is 1. The average molecular weight is 334 g/mol. The molecule has 0 aliphatic rings. The molecule has 0 heterocycles. The van der Waals surface area contributed by atoms with Gasteiger partial charge in [0.25, 0.3) is 0 Å². The topological polar surface area (TPSA) is 79.5 Å². The number of anilines is 3. The van der Waals surface area contributed by atoms with Gasteiger partial charge in [-0.1, -0.05) is 23.7 Å². The molecule has 3 amide bonds. The number of amides is 3. The van der Waals surface area contributed by atoms with Gasteiger partial charge in [0.05, 0.1) is 23.5 Å². The summed E-state index contributed by atoms with van der Waals surface area (Å²) in [4.78, 5) is 23.1. The fourth-order valence-corrected chi connectivity index (χ4v) is 2.14. The molecule has 2 aromatic rings. The normalized spacial score (nSPS) is 9.87. The minimum Gasteiger partial charge on any atom is -0.495 e. The van der Waals surface area contributed by atoms with E-state index in [1.807, 2.05) is 6.07 Å². The third-order valence-corrected chi connectivity index (χ3v) is 3.21. The van der Waals surface area contributed by atoms with E-state index in [1.54, 1.807) is 36.4 Å². The lowest BCUT2D eigenvalue weighted by molar-refractivity contribution is -0.114. The van der Waals surface area contributed by atoms with Crippen LogP contribution in [-0.2, 0) is 4.79 Å². The van der Waals surface area contributed by atoms with E-state index in [0.29, 0.717) is 27.8 Å². The third-order valence-electron chi connectivity index (χ3n) is 2.89. The van der Waals surface area contributed by atoms with Crippen LogP contribution in [0.25, 0.3) is 0 Å². The molecule has 0 radical (unpaired) electrons. The summed E-state index contributed by atoms with van der Waals surface area (Å²) in [6.45, 7) is 1.39. The summed E-state index contributed by atoms with van der Waals surface area (Å²) < 4.78 is 5.16. The Kier molecular flexibility index (Phi) is 5.43. The average Bonchev–Trinajstić information content (AvgIpc) is 2.50. The molecule has 0 saturated heterocycles. The minimum atomic E-state index is -0.433. The van der Waals surface area contributed by atoms with E-state index in [1.165, 1.54) is 14.0 Å². The number of para-hydroxylation sites is 2. The van der Waals surface area contributed by atoms with Crippen LogP contribution in [0.1, 0.15) is 6.92 Å². The van der Waals surface area contributed by atoms with Gasteiger partial charge in [0.2, 0.25) is 5.91 Å². The highest BCUT2D eigenvalue weighted by Crippen LogP contribution is 2.26. The van der Waals surface area contributed by atoms with Gasteiger partial charge in [0.1, 0.15) is 5.75 Å². The summed E-state index contributed by atoms with van der Waals surface area (Å²) in [5.41, 5.74) is 1.53. The van der Waals surface area contributed by atoms with E-state index < -0.39 is 6.03 Å². The summed E-state index contributed by atoms with van der Waals surface area (Å²) in [6.07, 6.45) is 0. The fourth-order valence-electron chi connectivity index (χ4n) is 1.92. The first-order valence-electron chi connectivity index (χ1n) is 6.77.